The van der Waals surface area contributed by atoms with E-state index >= 15 is 0 Å². The molecule has 0 rings (SSSR count). The minimum atomic E-state index is -2.03. The molecule has 0 aliphatic heterocycles. The molecular formula is C38H73NO7. The van der Waals surface area contributed by atoms with E-state index in [1.54, 1.807) is 0 Å². The van der Waals surface area contributed by atoms with Gasteiger partial charge >= 0.3 is 17.9 Å². The summed E-state index contributed by atoms with van der Waals surface area (Å²) >= 11 is 0. The number of ether oxygens (including phenoxy) is 2. The normalized spacial score (nSPS) is 14.0. The van der Waals surface area contributed by atoms with Gasteiger partial charge in [-0.25, -0.2) is 0 Å². The predicted molar refractivity (Wildman–Crippen MR) is 188 cm³/mol. The number of hydrogen-bond donors (Lipinski definition) is 3. The number of carbonyl (C=O) groups excluding carboxylic acids is 2. The van der Waals surface area contributed by atoms with Crippen LogP contribution in [0.2, 0.25) is 0 Å². The van der Waals surface area contributed by atoms with E-state index < -0.39 is 42.3 Å². The molecule has 8 heteroatoms. The fourth-order valence-corrected chi connectivity index (χ4v) is 5.90. The van der Waals surface area contributed by atoms with Crippen LogP contribution in [0.25, 0.3) is 0 Å². The Hall–Kier alpha value is -1.67. The molecule has 0 aliphatic rings. The lowest BCUT2D eigenvalue weighted by molar-refractivity contribution is -0.182. The van der Waals surface area contributed by atoms with Crippen molar-refractivity contribution in [2.24, 2.45) is 5.73 Å². The van der Waals surface area contributed by atoms with Gasteiger partial charge in [0.25, 0.3) is 0 Å². The number of aliphatic hydroxyl groups is 1. The first-order chi connectivity index (χ1) is 22.2. The molecular weight excluding hydrogens is 582 g/mol. The Morgan fingerprint density at radius 2 is 0.826 bits per heavy atom. The highest BCUT2D eigenvalue weighted by atomic mass is 16.6. The summed E-state index contributed by atoms with van der Waals surface area (Å²) < 4.78 is 10.9. The SMILES string of the molecule is CCCCCCCCCCCCCCCC(=O)OC([C@H](CO)OC(=O)CCCCCCCCCCCCCCC)[C@@](C)(N)C(=O)O. The zero-order chi connectivity index (χ0) is 34.3. The van der Waals surface area contributed by atoms with Crippen LogP contribution < -0.4 is 5.73 Å². The van der Waals surface area contributed by atoms with Crippen LogP contribution >= 0.6 is 0 Å². The number of carbonyl (C=O) groups is 3. The summed E-state index contributed by atoms with van der Waals surface area (Å²) in [6, 6.07) is 0. The number of aliphatic carboxylic acids is 1. The lowest BCUT2D eigenvalue weighted by Crippen LogP contribution is -2.62. The second-order valence-corrected chi connectivity index (χ2v) is 13.7. The fourth-order valence-electron chi connectivity index (χ4n) is 5.90. The molecule has 0 saturated heterocycles. The average Bonchev–Trinajstić information content (AvgIpc) is 3.03. The smallest absolute Gasteiger partial charge is 0.327 e. The van der Waals surface area contributed by atoms with Crippen molar-refractivity contribution in [3.63, 3.8) is 0 Å². The van der Waals surface area contributed by atoms with Crippen molar-refractivity contribution >= 4 is 17.9 Å². The maximum absolute atomic E-state index is 12.6. The van der Waals surface area contributed by atoms with E-state index in [9.17, 15) is 24.6 Å². The second kappa shape index (κ2) is 30.7. The molecule has 0 bridgehead atoms. The zero-order valence-electron chi connectivity index (χ0n) is 30.2. The number of nitrogens with two attached hydrogens (primary N) is 1. The Morgan fingerprint density at radius 3 is 1.11 bits per heavy atom. The van der Waals surface area contributed by atoms with E-state index in [-0.39, 0.29) is 12.8 Å². The molecule has 3 atom stereocenters. The molecule has 8 nitrogen and oxygen atoms in total. The van der Waals surface area contributed by atoms with Crippen LogP contribution in [0, 0.1) is 0 Å². The Balaban J connectivity index is 4.31. The van der Waals surface area contributed by atoms with Gasteiger partial charge in [-0.2, -0.15) is 0 Å². The molecule has 4 N–H and O–H groups in total. The topological polar surface area (TPSA) is 136 Å². The Bertz CT molecular complexity index is 743. The van der Waals surface area contributed by atoms with Crippen molar-refractivity contribution in [1.82, 2.24) is 0 Å². The van der Waals surface area contributed by atoms with E-state index in [4.69, 9.17) is 15.2 Å². The molecule has 0 aliphatic carbocycles. The number of carboxylic acid groups (broad SMARTS) is 1. The van der Waals surface area contributed by atoms with Gasteiger partial charge in [0.2, 0.25) is 0 Å². The van der Waals surface area contributed by atoms with E-state index in [1.807, 2.05) is 0 Å². The van der Waals surface area contributed by atoms with Crippen molar-refractivity contribution < 1.29 is 34.1 Å². The minimum Gasteiger partial charge on any atom is -0.480 e. The molecule has 0 fully saturated rings. The van der Waals surface area contributed by atoms with Crippen LogP contribution in [0.1, 0.15) is 201 Å². The molecule has 0 spiro atoms. The molecule has 0 heterocycles. The molecule has 272 valence electrons. The van der Waals surface area contributed by atoms with Crippen molar-refractivity contribution in [2.75, 3.05) is 6.61 Å². The van der Waals surface area contributed by atoms with Gasteiger partial charge in [-0.3, -0.25) is 14.4 Å². The molecule has 0 saturated carbocycles. The van der Waals surface area contributed by atoms with E-state index in [0.717, 1.165) is 38.5 Å². The quantitative estimate of drug-likeness (QED) is 0.0460. The third kappa shape index (κ3) is 24.5. The van der Waals surface area contributed by atoms with E-state index in [2.05, 4.69) is 13.8 Å². The number of hydrogen-bond acceptors (Lipinski definition) is 7. The lowest BCUT2D eigenvalue weighted by Gasteiger charge is -2.34. The van der Waals surface area contributed by atoms with Crippen molar-refractivity contribution in [3.8, 4) is 0 Å². The third-order valence-electron chi connectivity index (χ3n) is 9.08. The first-order valence-electron chi connectivity index (χ1n) is 19.2. The van der Waals surface area contributed by atoms with Gasteiger partial charge in [-0.15, -0.1) is 0 Å². The van der Waals surface area contributed by atoms with E-state index in [1.165, 1.54) is 122 Å². The van der Waals surface area contributed by atoms with Gasteiger partial charge in [0.05, 0.1) is 6.61 Å². The van der Waals surface area contributed by atoms with Gasteiger partial charge in [0.15, 0.2) is 17.7 Å². The molecule has 0 amide bonds. The van der Waals surface area contributed by atoms with Crippen LogP contribution in [0.15, 0.2) is 0 Å². The number of aliphatic hydroxyl groups excluding tert-OH is 1. The molecule has 46 heavy (non-hydrogen) atoms. The maximum atomic E-state index is 12.6. The summed E-state index contributed by atoms with van der Waals surface area (Å²) in [4.78, 5) is 37.1. The highest BCUT2D eigenvalue weighted by Crippen LogP contribution is 2.21. The van der Waals surface area contributed by atoms with Crippen molar-refractivity contribution in [2.45, 2.75) is 218 Å². The third-order valence-corrected chi connectivity index (χ3v) is 9.08. The van der Waals surface area contributed by atoms with Gasteiger partial charge < -0.3 is 25.4 Å². The standard InChI is InChI=1S/C38H73NO7/c1-4-6-8-10-12-14-16-18-20-22-24-26-28-30-34(41)45-33(32-40)36(38(3,39)37(43)44)46-35(42)31-29-27-25-23-21-19-17-15-13-11-9-7-5-2/h33,36,40H,4-32,39H2,1-3H3,(H,43,44)/t33-,36?,38+/m0/s1. The van der Waals surface area contributed by atoms with Gasteiger partial charge in [0.1, 0.15) is 0 Å². The molecule has 0 aromatic carbocycles. The van der Waals surface area contributed by atoms with Crippen LogP contribution in [0.5, 0.6) is 0 Å². The molecule has 0 aromatic heterocycles. The van der Waals surface area contributed by atoms with Crippen LogP contribution in [-0.4, -0.2) is 52.5 Å². The first-order valence-corrected chi connectivity index (χ1v) is 19.2. The Morgan fingerprint density at radius 1 is 0.543 bits per heavy atom. The van der Waals surface area contributed by atoms with Crippen LogP contribution in [0.4, 0.5) is 0 Å². The fraction of sp³-hybridized carbons (Fsp3) is 0.921. The number of rotatable bonds is 34. The summed E-state index contributed by atoms with van der Waals surface area (Å²) in [7, 11) is 0. The first kappa shape index (κ1) is 44.3. The average molecular weight is 656 g/mol. The predicted octanol–water partition coefficient (Wildman–Crippen LogP) is 9.57. The molecule has 0 aromatic rings. The minimum absolute atomic E-state index is 0.120. The van der Waals surface area contributed by atoms with Gasteiger partial charge in [-0.05, 0) is 19.8 Å². The summed E-state index contributed by atoms with van der Waals surface area (Å²) in [6.45, 7) is 4.99. The van der Waals surface area contributed by atoms with Crippen molar-refractivity contribution in [3.05, 3.63) is 0 Å². The second-order valence-electron chi connectivity index (χ2n) is 13.7. The Labute approximate surface area is 282 Å². The molecule has 0 radical (unpaired) electrons. The number of carboxylic acids is 1. The van der Waals surface area contributed by atoms with E-state index in [0.29, 0.717) is 12.8 Å². The van der Waals surface area contributed by atoms with Crippen LogP contribution in [-0.2, 0) is 23.9 Å². The Kier molecular flexibility index (Phi) is 29.5. The van der Waals surface area contributed by atoms with Gasteiger partial charge in [-0.1, -0.05) is 168 Å². The van der Waals surface area contributed by atoms with Crippen molar-refractivity contribution in [1.29, 1.82) is 0 Å². The number of esters is 2. The molecule has 1 unspecified atom stereocenters. The summed E-state index contributed by atoms with van der Waals surface area (Å²) in [5.41, 5.74) is 3.99. The summed E-state index contributed by atoms with van der Waals surface area (Å²) in [6.07, 6.45) is 28.3. The highest BCUT2D eigenvalue weighted by Gasteiger charge is 2.46. The summed E-state index contributed by atoms with van der Waals surface area (Å²) in [5, 5.41) is 19.7. The largest absolute Gasteiger partial charge is 0.480 e. The zero-order valence-corrected chi connectivity index (χ0v) is 30.2. The monoisotopic (exact) mass is 656 g/mol. The van der Waals surface area contributed by atoms with Crippen LogP contribution in [0.3, 0.4) is 0 Å². The number of unbranched alkanes of at least 4 members (excludes halogenated alkanes) is 24. The summed E-state index contributed by atoms with van der Waals surface area (Å²) in [5.74, 6) is -2.56. The van der Waals surface area contributed by atoms with Gasteiger partial charge in [0, 0.05) is 12.8 Å². The maximum Gasteiger partial charge on any atom is 0.327 e. The highest BCUT2D eigenvalue weighted by molar-refractivity contribution is 5.80. The lowest BCUT2D eigenvalue weighted by atomic mass is 9.91.